The third-order valence-corrected chi connectivity index (χ3v) is 4.48. The van der Waals surface area contributed by atoms with Gasteiger partial charge in [0.15, 0.2) is 0 Å². The summed E-state index contributed by atoms with van der Waals surface area (Å²) in [4.78, 5) is 12.1. The van der Waals surface area contributed by atoms with Crippen molar-refractivity contribution in [2.45, 2.75) is 38.3 Å². The molecular formula is C16H19N5O2. The van der Waals surface area contributed by atoms with Gasteiger partial charge < -0.3 is 10.1 Å². The highest BCUT2D eigenvalue weighted by Crippen LogP contribution is 2.24. The van der Waals surface area contributed by atoms with Gasteiger partial charge in [-0.25, -0.2) is 4.68 Å². The number of hydrogen-bond donors (Lipinski definition) is 1. The largest absolute Gasteiger partial charge is 0.377 e. The van der Waals surface area contributed by atoms with Crippen LogP contribution in [0.5, 0.6) is 0 Å². The third-order valence-electron chi connectivity index (χ3n) is 4.48. The summed E-state index contributed by atoms with van der Waals surface area (Å²) in [7, 11) is 0. The molecule has 120 valence electrons. The van der Waals surface area contributed by atoms with E-state index in [-0.39, 0.29) is 17.6 Å². The molecule has 1 aliphatic carbocycles. The van der Waals surface area contributed by atoms with E-state index < -0.39 is 0 Å². The van der Waals surface area contributed by atoms with Crippen molar-refractivity contribution in [2.24, 2.45) is 0 Å². The Morgan fingerprint density at radius 1 is 1.26 bits per heavy atom. The van der Waals surface area contributed by atoms with E-state index in [0.29, 0.717) is 13.2 Å². The van der Waals surface area contributed by atoms with E-state index >= 15 is 0 Å². The van der Waals surface area contributed by atoms with E-state index in [0.717, 1.165) is 36.5 Å². The smallest absolute Gasteiger partial charge is 0.267 e. The molecule has 2 aromatic rings. The molecule has 0 spiro atoms. The molecule has 7 heteroatoms. The topological polar surface area (TPSA) is 81.9 Å². The summed E-state index contributed by atoms with van der Waals surface area (Å²) in [6.07, 6.45) is 3.22. The van der Waals surface area contributed by atoms with Crippen LogP contribution >= 0.6 is 0 Å². The maximum Gasteiger partial charge on any atom is 0.267 e. The second-order valence-corrected chi connectivity index (χ2v) is 6.17. The Morgan fingerprint density at radius 3 is 3.09 bits per heavy atom. The summed E-state index contributed by atoms with van der Waals surface area (Å²) < 4.78 is 7.09. The van der Waals surface area contributed by atoms with Gasteiger partial charge in [0.2, 0.25) is 0 Å². The number of aromatic nitrogens is 4. The fourth-order valence-electron chi connectivity index (χ4n) is 3.27. The molecule has 2 aromatic heterocycles. The summed E-state index contributed by atoms with van der Waals surface area (Å²) in [6, 6.07) is 5.15. The zero-order chi connectivity index (χ0) is 15.8. The number of hydrogen-bond acceptors (Lipinski definition) is 6. The Morgan fingerprint density at radius 2 is 2.17 bits per heavy atom. The van der Waals surface area contributed by atoms with Gasteiger partial charge in [-0.15, -0.1) is 5.10 Å². The average molecular weight is 313 g/mol. The summed E-state index contributed by atoms with van der Waals surface area (Å²) in [5.74, 6) is 0.742. The van der Waals surface area contributed by atoms with E-state index in [1.54, 1.807) is 12.1 Å². The van der Waals surface area contributed by atoms with Gasteiger partial charge in [-0.3, -0.25) is 4.79 Å². The molecule has 0 aromatic carbocycles. The van der Waals surface area contributed by atoms with Crippen LogP contribution in [-0.4, -0.2) is 39.2 Å². The van der Waals surface area contributed by atoms with E-state index in [2.05, 4.69) is 26.7 Å². The first-order valence-electron chi connectivity index (χ1n) is 7.97. The highest BCUT2D eigenvalue weighted by Gasteiger charge is 2.32. The van der Waals surface area contributed by atoms with Crippen molar-refractivity contribution >= 4 is 5.82 Å². The Labute approximate surface area is 133 Å². The molecule has 1 saturated heterocycles. The standard InChI is InChI=1S/C16H19N5O2/c1-10-5-6-16(22)21(20-10)14-9-23-8-13(14)17-15-7-11-3-2-4-12(11)18-19-15/h5-7,13-14H,2-4,8-9H2,1H3,(H,17,19). The van der Waals surface area contributed by atoms with Crippen molar-refractivity contribution in [3.63, 3.8) is 0 Å². The lowest BCUT2D eigenvalue weighted by Crippen LogP contribution is -2.37. The molecule has 0 bridgehead atoms. The Kier molecular flexibility index (Phi) is 3.57. The molecule has 7 nitrogen and oxygen atoms in total. The van der Waals surface area contributed by atoms with Crippen LogP contribution in [0, 0.1) is 6.92 Å². The number of nitrogens with zero attached hydrogens (tertiary/aromatic N) is 4. The van der Waals surface area contributed by atoms with Crippen LogP contribution in [0.3, 0.4) is 0 Å². The number of rotatable bonds is 3. The molecule has 1 N–H and O–H groups in total. The Balaban J connectivity index is 1.58. The molecule has 0 saturated carbocycles. The molecule has 4 rings (SSSR count). The molecule has 2 unspecified atom stereocenters. The first-order chi connectivity index (χ1) is 11.2. The minimum absolute atomic E-state index is 0.0456. The maximum atomic E-state index is 12.1. The molecule has 0 radical (unpaired) electrons. The van der Waals surface area contributed by atoms with Crippen molar-refractivity contribution in [3.8, 4) is 0 Å². The lowest BCUT2D eigenvalue weighted by Gasteiger charge is -2.20. The van der Waals surface area contributed by atoms with E-state index in [9.17, 15) is 4.79 Å². The Bertz CT molecular complexity index is 788. The second kappa shape index (κ2) is 5.73. The molecule has 1 fully saturated rings. The van der Waals surface area contributed by atoms with Gasteiger partial charge in [-0.1, -0.05) is 0 Å². The van der Waals surface area contributed by atoms with Gasteiger partial charge in [-0.2, -0.15) is 10.2 Å². The number of nitrogens with one attached hydrogen (secondary N) is 1. The van der Waals surface area contributed by atoms with Gasteiger partial charge in [0.25, 0.3) is 5.56 Å². The molecule has 3 heterocycles. The van der Waals surface area contributed by atoms with E-state index in [1.807, 2.05) is 6.92 Å². The van der Waals surface area contributed by atoms with Crippen LogP contribution in [0.2, 0.25) is 0 Å². The third kappa shape index (κ3) is 2.72. The molecule has 23 heavy (non-hydrogen) atoms. The van der Waals surface area contributed by atoms with Crippen molar-refractivity contribution < 1.29 is 4.74 Å². The normalized spacial score (nSPS) is 23.0. The van der Waals surface area contributed by atoms with Gasteiger partial charge in [0.1, 0.15) is 11.9 Å². The monoisotopic (exact) mass is 313 g/mol. The fourth-order valence-corrected chi connectivity index (χ4v) is 3.27. The highest BCUT2D eigenvalue weighted by molar-refractivity contribution is 5.41. The molecule has 1 aliphatic heterocycles. The molecule has 2 atom stereocenters. The molecular weight excluding hydrogens is 294 g/mol. The molecule has 0 amide bonds. The average Bonchev–Trinajstić information content (AvgIpc) is 3.18. The van der Waals surface area contributed by atoms with Gasteiger partial charge in [0, 0.05) is 6.07 Å². The van der Waals surface area contributed by atoms with Crippen LogP contribution in [-0.2, 0) is 17.6 Å². The van der Waals surface area contributed by atoms with E-state index in [1.165, 1.54) is 10.2 Å². The van der Waals surface area contributed by atoms with Gasteiger partial charge in [-0.05, 0) is 43.9 Å². The fraction of sp³-hybridized carbons (Fsp3) is 0.500. The van der Waals surface area contributed by atoms with Gasteiger partial charge in [0.05, 0.1) is 30.6 Å². The van der Waals surface area contributed by atoms with Crippen LogP contribution in [0.1, 0.15) is 29.4 Å². The number of anilines is 1. The van der Waals surface area contributed by atoms with Crippen molar-refractivity contribution in [3.05, 3.63) is 45.5 Å². The number of ether oxygens (including phenoxy) is 1. The van der Waals surface area contributed by atoms with Crippen molar-refractivity contribution in [1.82, 2.24) is 20.0 Å². The van der Waals surface area contributed by atoms with Crippen LogP contribution in [0.4, 0.5) is 5.82 Å². The van der Waals surface area contributed by atoms with Crippen LogP contribution in [0.15, 0.2) is 23.0 Å². The van der Waals surface area contributed by atoms with Gasteiger partial charge >= 0.3 is 0 Å². The van der Waals surface area contributed by atoms with E-state index in [4.69, 9.17) is 4.74 Å². The molecule has 2 aliphatic rings. The maximum absolute atomic E-state index is 12.1. The van der Waals surface area contributed by atoms with Crippen molar-refractivity contribution in [1.29, 1.82) is 0 Å². The predicted molar refractivity (Wildman–Crippen MR) is 84.6 cm³/mol. The lowest BCUT2D eigenvalue weighted by molar-refractivity contribution is 0.182. The minimum Gasteiger partial charge on any atom is -0.377 e. The minimum atomic E-state index is -0.141. The first kappa shape index (κ1) is 14.3. The second-order valence-electron chi connectivity index (χ2n) is 6.17. The van der Waals surface area contributed by atoms with Crippen LogP contribution in [0.25, 0.3) is 0 Å². The predicted octanol–water partition coefficient (Wildman–Crippen LogP) is 0.882. The SMILES string of the molecule is Cc1ccc(=O)n(C2COCC2Nc2cc3c(nn2)CCC3)n1. The zero-order valence-electron chi connectivity index (χ0n) is 13.0. The van der Waals surface area contributed by atoms with Crippen LogP contribution < -0.4 is 10.9 Å². The summed E-state index contributed by atoms with van der Waals surface area (Å²) in [6.45, 7) is 2.86. The highest BCUT2D eigenvalue weighted by atomic mass is 16.5. The quantitative estimate of drug-likeness (QED) is 0.906. The van der Waals surface area contributed by atoms with Crippen molar-refractivity contribution in [2.75, 3.05) is 18.5 Å². The first-order valence-corrected chi connectivity index (χ1v) is 7.97. The summed E-state index contributed by atoms with van der Waals surface area (Å²) >= 11 is 0. The summed E-state index contributed by atoms with van der Waals surface area (Å²) in [5.41, 5.74) is 3.07. The lowest BCUT2D eigenvalue weighted by atomic mass is 10.1. The number of aryl methyl sites for hydroxylation is 3. The zero-order valence-corrected chi connectivity index (χ0v) is 13.0. The number of fused-ring (bicyclic) bond motifs is 1. The summed E-state index contributed by atoms with van der Waals surface area (Å²) in [5, 5.41) is 16.3. The Hall–Kier alpha value is -2.28.